The summed E-state index contributed by atoms with van der Waals surface area (Å²) in [6, 6.07) is 5.47. The zero-order valence-corrected chi connectivity index (χ0v) is 18.0. The number of aromatic nitrogens is 2. The molecule has 1 amide bonds. The highest BCUT2D eigenvalue weighted by Crippen LogP contribution is 2.43. The third-order valence-electron chi connectivity index (χ3n) is 4.91. The van der Waals surface area contributed by atoms with E-state index in [4.69, 9.17) is 25.6 Å². The predicted molar refractivity (Wildman–Crippen MR) is 111 cm³/mol. The summed E-state index contributed by atoms with van der Waals surface area (Å²) in [4.78, 5) is 15.6. The predicted octanol–water partition coefficient (Wildman–Crippen LogP) is 4.86. The number of carbonyl (C=O) groups is 1. The van der Waals surface area contributed by atoms with Gasteiger partial charge in [-0.15, -0.1) is 0 Å². The molecule has 4 rings (SSSR count). The number of hydrogen-bond acceptors (Lipinski definition) is 7. The lowest BCUT2D eigenvalue weighted by molar-refractivity contribution is -0.119. The molecule has 0 saturated heterocycles. The van der Waals surface area contributed by atoms with Gasteiger partial charge in [0.2, 0.25) is 5.91 Å². The maximum Gasteiger partial charge on any atom is 0.274 e. The van der Waals surface area contributed by atoms with Crippen molar-refractivity contribution in [2.24, 2.45) is 0 Å². The molecule has 1 aromatic carbocycles. The van der Waals surface area contributed by atoms with E-state index in [0.717, 1.165) is 28.8 Å². The number of amides is 1. The smallest absolute Gasteiger partial charge is 0.274 e. The number of hydrogen-bond donors (Lipinski definition) is 1. The van der Waals surface area contributed by atoms with Gasteiger partial charge in [0.05, 0.1) is 28.6 Å². The fraction of sp³-hybridized carbons (Fsp3) is 0.450. The molecular weight excluding hydrogens is 414 g/mol. The van der Waals surface area contributed by atoms with Crippen molar-refractivity contribution in [2.75, 3.05) is 6.61 Å². The van der Waals surface area contributed by atoms with Crippen LogP contribution < -0.4 is 14.8 Å². The molecule has 0 bridgehead atoms. The molecular formula is C20H22ClN3O4S. The Morgan fingerprint density at radius 3 is 2.97 bits per heavy atom. The van der Waals surface area contributed by atoms with Crippen LogP contribution in [-0.2, 0) is 4.79 Å². The third kappa shape index (κ3) is 4.18. The summed E-state index contributed by atoms with van der Waals surface area (Å²) in [5.74, 6) is 1.49. The van der Waals surface area contributed by atoms with Crippen molar-refractivity contribution in [2.45, 2.75) is 51.7 Å². The van der Waals surface area contributed by atoms with Crippen LogP contribution >= 0.6 is 22.9 Å². The van der Waals surface area contributed by atoms with Crippen molar-refractivity contribution in [3.63, 3.8) is 0 Å². The number of nitrogens with zero attached hydrogens (tertiary/aromatic N) is 2. The highest BCUT2D eigenvalue weighted by Gasteiger charge is 2.35. The van der Waals surface area contributed by atoms with Gasteiger partial charge in [0.15, 0.2) is 5.76 Å². The molecule has 1 fully saturated rings. The lowest BCUT2D eigenvalue weighted by Gasteiger charge is -2.34. The first-order valence-corrected chi connectivity index (χ1v) is 10.8. The van der Waals surface area contributed by atoms with Gasteiger partial charge in [0, 0.05) is 18.9 Å². The van der Waals surface area contributed by atoms with Gasteiger partial charge in [0.25, 0.3) is 5.19 Å². The van der Waals surface area contributed by atoms with Crippen molar-refractivity contribution in [3.05, 3.63) is 34.7 Å². The summed E-state index contributed by atoms with van der Waals surface area (Å²) in [5.41, 5.74) is 1.70. The van der Waals surface area contributed by atoms with Crippen LogP contribution in [0.3, 0.4) is 0 Å². The molecule has 1 N–H and O–H groups in total. The third-order valence-corrected chi connectivity index (χ3v) is 6.40. The second kappa shape index (κ2) is 8.20. The van der Waals surface area contributed by atoms with Crippen LogP contribution in [0.2, 0.25) is 5.02 Å². The summed E-state index contributed by atoms with van der Waals surface area (Å²) in [6.07, 6.45) is 1.74. The molecule has 0 unspecified atom stereocenters. The van der Waals surface area contributed by atoms with E-state index in [1.165, 1.54) is 18.3 Å². The molecule has 1 atom stereocenters. The molecule has 2 heterocycles. The highest BCUT2D eigenvalue weighted by atomic mass is 35.5. The Labute approximate surface area is 177 Å². The lowest BCUT2D eigenvalue weighted by Crippen LogP contribution is -2.32. The Bertz CT molecular complexity index is 1030. The van der Waals surface area contributed by atoms with Crippen molar-refractivity contribution in [3.8, 4) is 10.9 Å². The first kappa shape index (κ1) is 20.0. The maximum atomic E-state index is 11.2. The fourth-order valence-corrected chi connectivity index (χ4v) is 4.58. The standard InChI is InChI=1S/C20H22ClN3O4S/c1-4-26-20-23-14-5-6-16(18(21)19(14)29-20)27-13-7-12(8-13)15-9-17(28-24-15)10(2)22-11(3)25/h5-6,9-10,12-13H,4,7-8H2,1-3H3,(H,22,25)/t10-,12?,13?/m0/s1. The second-order valence-corrected chi connectivity index (χ2v) is 8.46. The summed E-state index contributed by atoms with van der Waals surface area (Å²) in [5, 5.41) is 8.14. The van der Waals surface area contributed by atoms with E-state index in [1.807, 2.05) is 32.0 Å². The number of fused-ring (bicyclic) bond motifs is 1. The number of ether oxygens (including phenoxy) is 2. The van der Waals surface area contributed by atoms with Gasteiger partial charge in [-0.3, -0.25) is 4.79 Å². The minimum Gasteiger partial charge on any atom is -0.489 e. The van der Waals surface area contributed by atoms with Gasteiger partial charge in [-0.2, -0.15) is 0 Å². The average Bonchev–Trinajstić information content (AvgIpc) is 3.26. The average molecular weight is 436 g/mol. The summed E-state index contributed by atoms with van der Waals surface area (Å²) >= 11 is 7.97. The van der Waals surface area contributed by atoms with E-state index < -0.39 is 0 Å². The summed E-state index contributed by atoms with van der Waals surface area (Å²) in [7, 11) is 0. The highest BCUT2D eigenvalue weighted by molar-refractivity contribution is 7.20. The summed E-state index contributed by atoms with van der Waals surface area (Å²) < 4.78 is 17.8. The van der Waals surface area contributed by atoms with Gasteiger partial charge in [-0.1, -0.05) is 28.1 Å². The zero-order chi connectivity index (χ0) is 20.5. The van der Waals surface area contributed by atoms with Gasteiger partial charge >= 0.3 is 0 Å². The van der Waals surface area contributed by atoms with Gasteiger partial charge < -0.3 is 19.3 Å². The summed E-state index contributed by atoms with van der Waals surface area (Å²) in [6.45, 7) is 5.84. The van der Waals surface area contributed by atoms with Crippen LogP contribution in [0.15, 0.2) is 22.7 Å². The largest absolute Gasteiger partial charge is 0.489 e. The molecule has 0 aliphatic heterocycles. The normalized spacial score (nSPS) is 19.6. The molecule has 1 saturated carbocycles. The van der Waals surface area contributed by atoms with Crippen LogP contribution in [0.5, 0.6) is 10.9 Å². The van der Waals surface area contributed by atoms with Crippen LogP contribution in [0.1, 0.15) is 57.0 Å². The Morgan fingerprint density at radius 2 is 2.24 bits per heavy atom. The molecule has 0 radical (unpaired) electrons. The van der Waals surface area contributed by atoms with Gasteiger partial charge in [-0.05, 0) is 38.8 Å². The molecule has 7 nitrogen and oxygen atoms in total. The number of benzene rings is 1. The minimum absolute atomic E-state index is 0.0714. The van der Waals surface area contributed by atoms with E-state index in [0.29, 0.717) is 28.3 Å². The Balaban J connectivity index is 1.38. The Hall–Kier alpha value is -2.32. The monoisotopic (exact) mass is 435 g/mol. The molecule has 0 spiro atoms. The molecule has 9 heteroatoms. The van der Waals surface area contributed by atoms with Crippen LogP contribution in [-0.4, -0.2) is 28.8 Å². The number of rotatable bonds is 7. The fourth-order valence-electron chi connectivity index (χ4n) is 3.36. The number of nitrogens with one attached hydrogen (secondary N) is 1. The number of halogens is 1. The van der Waals surface area contributed by atoms with Crippen LogP contribution in [0, 0.1) is 0 Å². The molecule has 3 aromatic rings. The van der Waals surface area contributed by atoms with E-state index in [9.17, 15) is 4.79 Å². The Kier molecular flexibility index (Phi) is 5.65. The van der Waals surface area contributed by atoms with E-state index in [-0.39, 0.29) is 24.0 Å². The first-order valence-electron chi connectivity index (χ1n) is 9.56. The van der Waals surface area contributed by atoms with E-state index >= 15 is 0 Å². The lowest BCUT2D eigenvalue weighted by atomic mass is 9.80. The number of carbonyl (C=O) groups excluding carboxylic acids is 1. The van der Waals surface area contributed by atoms with Crippen molar-refractivity contribution < 1.29 is 18.8 Å². The van der Waals surface area contributed by atoms with Gasteiger partial charge in [-0.25, -0.2) is 4.98 Å². The molecule has 1 aliphatic carbocycles. The number of thiazole rings is 1. The quantitative estimate of drug-likeness (QED) is 0.570. The SMILES string of the molecule is CCOc1nc2ccc(OC3CC(c4cc([C@H](C)NC(C)=O)on4)C3)c(Cl)c2s1. The molecule has 1 aliphatic rings. The van der Waals surface area contributed by atoms with Gasteiger partial charge in [0.1, 0.15) is 16.9 Å². The second-order valence-electron chi connectivity index (χ2n) is 7.12. The molecule has 2 aromatic heterocycles. The van der Waals surface area contributed by atoms with Crippen molar-refractivity contribution in [1.29, 1.82) is 0 Å². The molecule has 29 heavy (non-hydrogen) atoms. The zero-order valence-electron chi connectivity index (χ0n) is 16.4. The first-order chi connectivity index (χ1) is 13.9. The minimum atomic E-state index is -0.201. The topological polar surface area (TPSA) is 86.5 Å². The Morgan fingerprint density at radius 1 is 1.45 bits per heavy atom. The van der Waals surface area contributed by atoms with Crippen molar-refractivity contribution >= 4 is 39.1 Å². The van der Waals surface area contributed by atoms with Crippen LogP contribution in [0.25, 0.3) is 10.2 Å². The molecule has 154 valence electrons. The van der Waals surface area contributed by atoms with E-state index in [1.54, 1.807) is 0 Å². The van der Waals surface area contributed by atoms with Crippen LogP contribution in [0.4, 0.5) is 0 Å². The van der Waals surface area contributed by atoms with Crippen molar-refractivity contribution in [1.82, 2.24) is 15.5 Å². The maximum absolute atomic E-state index is 11.2. The van der Waals surface area contributed by atoms with E-state index in [2.05, 4.69) is 15.5 Å².